The number of aromatic nitrogens is 1. The smallest absolute Gasteiger partial charge is 0.265 e. The summed E-state index contributed by atoms with van der Waals surface area (Å²) in [4.78, 5) is 4.34. The molecule has 1 saturated carbocycles. The van der Waals surface area contributed by atoms with Gasteiger partial charge >= 0.3 is 0 Å². The standard InChI is InChI=1S/C18H23N3O4S/c1-24-15-8-9-17(16(11-15)25-2)26(22,23)21-14-7-10-18(19-12-14)20-13-5-3-4-6-13/h7-13,21H,3-6H2,1-2H3,(H,19,20). The Labute approximate surface area is 153 Å². The van der Waals surface area contributed by atoms with Crippen molar-refractivity contribution in [3.63, 3.8) is 0 Å². The molecule has 1 aromatic heterocycles. The number of pyridine rings is 1. The summed E-state index contributed by atoms with van der Waals surface area (Å²) in [5.41, 5.74) is 0.389. The molecule has 0 amide bonds. The molecule has 0 saturated heterocycles. The zero-order chi connectivity index (χ0) is 18.6. The van der Waals surface area contributed by atoms with Crippen LogP contribution in [0, 0.1) is 0 Å². The number of hydrogen-bond acceptors (Lipinski definition) is 6. The highest BCUT2D eigenvalue weighted by Crippen LogP contribution is 2.30. The van der Waals surface area contributed by atoms with E-state index >= 15 is 0 Å². The third-order valence-electron chi connectivity index (χ3n) is 4.38. The Hall–Kier alpha value is -2.48. The third-order valence-corrected chi connectivity index (χ3v) is 5.80. The van der Waals surface area contributed by atoms with E-state index in [1.54, 1.807) is 18.2 Å². The maximum absolute atomic E-state index is 12.7. The Bertz CT molecular complexity index is 847. The number of nitrogens with zero attached hydrogens (tertiary/aromatic N) is 1. The summed E-state index contributed by atoms with van der Waals surface area (Å²) in [5.74, 6) is 1.48. The summed E-state index contributed by atoms with van der Waals surface area (Å²) in [5, 5.41) is 3.37. The van der Waals surface area contributed by atoms with Gasteiger partial charge in [0.2, 0.25) is 0 Å². The second-order valence-corrected chi connectivity index (χ2v) is 7.83. The molecular weight excluding hydrogens is 354 g/mol. The van der Waals surface area contributed by atoms with Crippen LogP contribution in [0.25, 0.3) is 0 Å². The van der Waals surface area contributed by atoms with Crippen molar-refractivity contribution in [1.29, 1.82) is 0 Å². The highest BCUT2D eigenvalue weighted by atomic mass is 32.2. The van der Waals surface area contributed by atoms with Crippen molar-refractivity contribution >= 4 is 21.5 Å². The monoisotopic (exact) mass is 377 g/mol. The van der Waals surface area contributed by atoms with Crippen molar-refractivity contribution < 1.29 is 17.9 Å². The fraction of sp³-hybridized carbons (Fsp3) is 0.389. The lowest BCUT2D eigenvalue weighted by Gasteiger charge is -2.14. The summed E-state index contributed by atoms with van der Waals surface area (Å²) in [6.45, 7) is 0. The lowest BCUT2D eigenvalue weighted by molar-refractivity contribution is 0.386. The summed E-state index contributed by atoms with van der Waals surface area (Å²) < 4.78 is 38.1. The molecule has 26 heavy (non-hydrogen) atoms. The van der Waals surface area contributed by atoms with Crippen LogP contribution in [0.3, 0.4) is 0 Å². The number of sulfonamides is 1. The van der Waals surface area contributed by atoms with Crippen LogP contribution in [-0.4, -0.2) is 33.7 Å². The lowest BCUT2D eigenvalue weighted by Crippen LogP contribution is -2.16. The Balaban J connectivity index is 1.74. The average molecular weight is 377 g/mol. The summed E-state index contributed by atoms with van der Waals surface area (Å²) in [7, 11) is -0.884. The molecule has 1 fully saturated rings. The van der Waals surface area contributed by atoms with Crippen LogP contribution in [0.15, 0.2) is 41.4 Å². The van der Waals surface area contributed by atoms with Crippen molar-refractivity contribution in [1.82, 2.24) is 4.98 Å². The molecular formula is C18H23N3O4S. The van der Waals surface area contributed by atoms with Crippen LogP contribution in [0.4, 0.5) is 11.5 Å². The number of anilines is 2. The molecule has 1 aromatic carbocycles. The van der Waals surface area contributed by atoms with Crippen molar-refractivity contribution in [2.75, 3.05) is 24.3 Å². The first-order valence-corrected chi connectivity index (χ1v) is 9.97. The molecule has 7 nitrogen and oxygen atoms in total. The van der Waals surface area contributed by atoms with Crippen molar-refractivity contribution in [3.8, 4) is 11.5 Å². The molecule has 1 aliphatic carbocycles. The minimum atomic E-state index is -3.81. The van der Waals surface area contributed by atoms with Gasteiger partial charge in [0.15, 0.2) is 0 Å². The van der Waals surface area contributed by atoms with Gasteiger partial charge in [-0.3, -0.25) is 4.72 Å². The molecule has 3 rings (SSSR count). The number of ether oxygens (including phenoxy) is 2. The van der Waals surface area contributed by atoms with Gasteiger partial charge < -0.3 is 14.8 Å². The number of nitrogens with one attached hydrogen (secondary N) is 2. The molecule has 2 aromatic rings. The molecule has 1 heterocycles. The molecule has 0 bridgehead atoms. The van der Waals surface area contributed by atoms with Crippen LogP contribution in [0.2, 0.25) is 0 Å². The van der Waals surface area contributed by atoms with Gasteiger partial charge in [-0.25, -0.2) is 13.4 Å². The first-order chi connectivity index (χ1) is 12.5. The predicted octanol–water partition coefficient (Wildman–Crippen LogP) is 3.25. The van der Waals surface area contributed by atoms with Gasteiger partial charge in [-0.1, -0.05) is 12.8 Å². The maximum Gasteiger partial charge on any atom is 0.265 e. The van der Waals surface area contributed by atoms with Gasteiger partial charge in [-0.2, -0.15) is 0 Å². The van der Waals surface area contributed by atoms with Gasteiger partial charge in [-0.15, -0.1) is 0 Å². The SMILES string of the molecule is COc1ccc(S(=O)(=O)Nc2ccc(NC3CCCC3)nc2)c(OC)c1. The Morgan fingerprint density at radius 1 is 1.08 bits per heavy atom. The molecule has 2 N–H and O–H groups in total. The number of hydrogen-bond donors (Lipinski definition) is 2. The molecule has 0 atom stereocenters. The minimum Gasteiger partial charge on any atom is -0.497 e. The van der Waals surface area contributed by atoms with E-state index in [1.165, 1.54) is 45.4 Å². The molecule has 8 heteroatoms. The Morgan fingerprint density at radius 3 is 2.46 bits per heavy atom. The molecule has 0 aliphatic heterocycles. The largest absolute Gasteiger partial charge is 0.497 e. The topological polar surface area (TPSA) is 89.6 Å². The quantitative estimate of drug-likeness (QED) is 0.770. The van der Waals surface area contributed by atoms with Gasteiger partial charge in [-0.05, 0) is 37.1 Å². The van der Waals surface area contributed by atoms with Crippen LogP contribution >= 0.6 is 0 Å². The highest BCUT2D eigenvalue weighted by Gasteiger charge is 2.21. The van der Waals surface area contributed by atoms with E-state index in [2.05, 4.69) is 15.0 Å². The maximum atomic E-state index is 12.7. The Kier molecular flexibility index (Phi) is 5.51. The van der Waals surface area contributed by atoms with Crippen LogP contribution in [0.1, 0.15) is 25.7 Å². The fourth-order valence-corrected chi connectivity index (χ4v) is 4.22. The second kappa shape index (κ2) is 7.82. The minimum absolute atomic E-state index is 0.0361. The predicted molar refractivity (Wildman–Crippen MR) is 100 cm³/mol. The number of benzene rings is 1. The summed E-state index contributed by atoms with van der Waals surface area (Å²) in [6.07, 6.45) is 6.27. The average Bonchev–Trinajstić information content (AvgIpc) is 3.15. The van der Waals surface area contributed by atoms with Crippen LogP contribution in [0.5, 0.6) is 11.5 Å². The number of methoxy groups -OCH3 is 2. The number of rotatable bonds is 7. The molecule has 1 aliphatic rings. The van der Waals surface area contributed by atoms with Gasteiger partial charge in [0.05, 0.1) is 26.1 Å². The molecule has 0 unspecified atom stereocenters. The molecule has 140 valence electrons. The fourth-order valence-electron chi connectivity index (χ4n) is 3.03. The van der Waals surface area contributed by atoms with E-state index in [0.29, 0.717) is 17.5 Å². The van der Waals surface area contributed by atoms with Crippen molar-refractivity contribution in [2.45, 2.75) is 36.6 Å². The van der Waals surface area contributed by atoms with E-state index in [9.17, 15) is 8.42 Å². The zero-order valence-electron chi connectivity index (χ0n) is 14.9. The highest BCUT2D eigenvalue weighted by molar-refractivity contribution is 7.92. The third kappa shape index (κ3) is 4.19. The van der Waals surface area contributed by atoms with Crippen molar-refractivity contribution in [2.24, 2.45) is 0 Å². The summed E-state index contributed by atoms with van der Waals surface area (Å²) in [6, 6.07) is 8.47. The summed E-state index contributed by atoms with van der Waals surface area (Å²) >= 11 is 0. The van der Waals surface area contributed by atoms with E-state index in [0.717, 1.165) is 18.7 Å². The normalized spacial score (nSPS) is 14.8. The van der Waals surface area contributed by atoms with E-state index in [1.807, 2.05) is 0 Å². The first-order valence-electron chi connectivity index (χ1n) is 8.49. The van der Waals surface area contributed by atoms with Crippen LogP contribution < -0.4 is 19.5 Å². The van der Waals surface area contributed by atoms with Gasteiger partial charge in [0.25, 0.3) is 10.0 Å². The van der Waals surface area contributed by atoms with Crippen LogP contribution in [-0.2, 0) is 10.0 Å². The van der Waals surface area contributed by atoms with Crippen molar-refractivity contribution in [3.05, 3.63) is 36.5 Å². The zero-order valence-corrected chi connectivity index (χ0v) is 15.7. The van der Waals surface area contributed by atoms with Gasteiger partial charge in [0, 0.05) is 12.1 Å². The van der Waals surface area contributed by atoms with E-state index in [-0.39, 0.29) is 10.6 Å². The lowest BCUT2D eigenvalue weighted by atomic mass is 10.2. The molecule has 0 spiro atoms. The molecule has 0 radical (unpaired) electrons. The Morgan fingerprint density at radius 2 is 1.85 bits per heavy atom. The first kappa shape index (κ1) is 18.3. The van der Waals surface area contributed by atoms with E-state index < -0.39 is 10.0 Å². The van der Waals surface area contributed by atoms with Gasteiger partial charge in [0.1, 0.15) is 22.2 Å². The van der Waals surface area contributed by atoms with E-state index in [4.69, 9.17) is 9.47 Å². The second-order valence-electron chi connectivity index (χ2n) is 6.18.